The van der Waals surface area contributed by atoms with E-state index in [1.54, 1.807) is 0 Å². The van der Waals surface area contributed by atoms with E-state index in [-0.39, 0.29) is 0 Å². The van der Waals surface area contributed by atoms with Crippen LogP contribution in [0, 0.1) is 11.3 Å². The Bertz CT molecular complexity index is 341. The van der Waals surface area contributed by atoms with Gasteiger partial charge in [-0.2, -0.15) is 5.26 Å². The van der Waals surface area contributed by atoms with E-state index >= 15 is 0 Å². The van der Waals surface area contributed by atoms with E-state index in [0.29, 0.717) is 13.0 Å². The second-order valence-corrected chi connectivity index (χ2v) is 3.80. The van der Waals surface area contributed by atoms with Gasteiger partial charge < -0.3 is 11.1 Å². The van der Waals surface area contributed by atoms with Crippen LogP contribution in [0.2, 0.25) is 0 Å². The summed E-state index contributed by atoms with van der Waals surface area (Å²) in [5.41, 5.74) is 7.80. The second-order valence-electron chi connectivity index (χ2n) is 3.80. The van der Waals surface area contributed by atoms with Crippen molar-refractivity contribution in [3.8, 4) is 6.07 Å². The number of nitrogens with two attached hydrogens (primary N) is 1. The number of nitrogens with one attached hydrogen (secondary N) is 1. The van der Waals surface area contributed by atoms with Gasteiger partial charge in [0.05, 0.1) is 12.5 Å². The Labute approximate surface area is 97.3 Å². The molecule has 16 heavy (non-hydrogen) atoms. The van der Waals surface area contributed by atoms with Gasteiger partial charge in [-0.3, -0.25) is 0 Å². The Balaban J connectivity index is 2.31. The molecule has 0 unspecified atom stereocenters. The highest BCUT2D eigenvalue weighted by Gasteiger charge is 1.96. The highest BCUT2D eigenvalue weighted by atomic mass is 14.9. The molecule has 3 nitrogen and oxygen atoms in total. The Morgan fingerprint density at radius 3 is 2.81 bits per heavy atom. The summed E-state index contributed by atoms with van der Waals surface area (Å²) in [6, 6.07) is 10.4. The predicted molar refractivity (Wildman–Crippen MR) is 66.0 cm³/mol. The molecule has 0 atom stereocenters. The summed E-state index contributed by atoms with van der Waals surface area (Å²) >= 11 is 0. The maximum atomic E-state index is 8.61. The maximum absolute atomic E-state index is 8.61. The fraction of sp³-hybridized carbons (Fsp3) is 0.462. The number of rotatable bonds is 7. The minimum atomic E-state index is 0.499. The van der Waals surface area contributed by atoms with Crippen LogP contribution in [-0.2, 0) is 12.8 Å². The van der Waals surface area contributed by atoms with Gasteiger partial charge in [-0.25, -0.2) is 0 Å². The van der Waals surface area contributed by atoms with E-state index in [1.165, 1.54) is 5.56 Å². The van der Waals surface area contributed by atoms with Gasteiger partial charge in [-0.1, -0.05) is 24.3 Å². The van der Waals surface area contributed by atoms with Crippen LogP contribution in [0.15, 0.2) is 24.3 Å². The number of hydrogen-bond acceptors (Lipinski definition) is 3. The van der Waals surface area contributed by atoms with Crippen molar-refractivity contribution < 1.29 is 0 Å². The van der Waals surface area contributed by atoms with Crippen LogP contribution < -0.4 is 11.1 Å². The van der Waals surface area contributed by atoms with Crippen LogP contribution in [-0.4, -0.2) is 19.6 Å². The molecule has 1 aromatic rings. The average molecular weight is 217 g/mol. The van der Waals surface area contributed by atoms with E-state index in [1.807, 2.05) is 12.1 Å². The normalized spacial score (nSPS) is 10.0. The van der Waals surface area contributed by atoms with E-state index in [0.717, 1.165) is 31.5 Å². The lowest BCUT2D eigenvalue weighted by Gasteiger charge is -2.04. The maximum Gasteiger partial charge on any atom is 0.0669 e. The van der Waals surface area contributed by atoms with Crippen molar-refractivity contribution in [2.45, 2.75) is 19.3 Å². The summed E-state index contributed by atoms with van der Waals surface area (Å²) in [5.74, 6) is 0. The highest BCUT2D eigenvalue weighted by molar-refractivity contribution is 5.25. The molecule has 3 heteroatoms. The largest absolute Gasteiger partial charge is 0.329 e. The van der Waals surface area contributed by atoms with E-state index in [2.05, 4.69) is 23.5 Å². The lowest BCUT2D eigenvalue weighted by atomic mass is 10.1. The van der Waals surface area contributed by atoms with Crippen LogP contribution in [0.3, 0.4) is 0 Å². The number of nitrogens with zero attached hydrogens (tertiary/aromatic N) is 1. The van der Waals surface area contributed by atoms with Crippen molar-refractivity contribution in [3.05, 3.63) is 35.4 Å². The molecule has 0 aliphatic rings. The number of aryl methyl sites for hydroxylation is 1. The van der Waals surface area contributed by atoms with Gasteiger partial charge in [0.1, 0.15) is 0 Å². The van der Waals surface area contributed by atoms with Crippen LogP contribution in [0.4, 0.5) is 0 Å². The third-order valence-electron chi connectivity index (χ3n) is 2.41. The quantitative estimate of drug-likeness (QED) is 0.675. The molecule has 1 rings (SSSR count). The summed E-state index contributed by atoms with van der Waals surface area (Å²) in [6.45, 7) is 2.58. The predicted octanol–water partition coefficient (Wildman–Crippen LogP) is 1.23. The Kier molecular flexibility index (Phi) is 6.24. The van der Waals surface area contributed by atoms with Gasteiger partial charge in [0, 0.05) is 13.1 Å². The van der Waals surface area contributed by atoms with Gasteiger partial charge in [-0.05, 0) is 30.5 Å². The van der Waals surface area contributed by atoms with Crippen molar-refractivity contribution in [3.63, 3.8) is 0 Å². The van der Waals surface area contributed by atoms with Crippen LogP contribution >= 0.6 is 0 Å². The van der Waals surface area contributed by atoms with E-state index in [4.69, 9.17) is 11.0 Å². The number of benzene rings is 1. The molecular formula is C13H19N3. The van der Waals surface area contributed by atoms with Crippen LogP contribution in [0.1, 0.15) is 17.5 Å². The summed E-state index contributed by atoms with van der Waals surface area (Å²) < 4.78 is 0. The molecule has 0 spiro atoms. The zero-order chi connectivity index (χ0) is 11.6. The average Bonchev–Trinajstić information content (AvgIpc) is 2.30. The Hall–Kier alpha value is -1.37. The van der Waals surface area contributed by atoms with Crippen molar-refractivity contribution >= 4 is 0 Å². The summed E-state index contributed by atoms with van der Waals surface area (Å²) in [6.07, 6.45) is 2.66. The van der Waals surface area contributed by atoms with Gasteiger partial charge >= 0.3 is 0 Å². The molecule has 0 aromatic heterocycles. The van der Waals surface area contributed by atoms with Crippen LogP contribution in [0.25, 0.3) is 0 Å². The Morgan fingerprint density at radius 2 is 2.06 bits per heavy atom. The van der Waals surface area contributed by atoms with E-state index < -0.39 is 0 Å². The minimum absolute atomic E-state index is 0.499. The molecule has 0 amide bonds. The molecule has 0 bridgehead atoms. The summed E-state index contributed by atoms with van der Waals surface area (Å²) in [4.78, 5) is 0. The molecule has 0 saturated heterocycles. The van der Waals surface area contributed by atoms with Crippen molar-refractivity contribution in [1.29, 1.82) is 5.26 Å². The molecule has 0 heterocycles. The van der Waals surface area contributed by atoms with Gasteiger partial charge in [0.25, 0.3) is 0 Å². The van der Waals surface area contributed by atoms with Gasteiger partial charge in [-0.15, -0.1) is 0 Å². The first kappa shape index (κ1) is 12.7. The molecule has 0 fully saturated rings. The number of hydrogen-bond donors (Lipinski definition) is 2. The van der Waals surface area contributed by atoms with Crippen molar-refractivity contribution in [2.75, 3.05) is 19.6 Å². The zero-order valence-electron chi connectivity index (χ0n) is 9.58. The molecule has 3 N–H and O–H groups in total. The lowest BCUT2D eigenvalue weighted by molar-refractivity contribution is 0.653. The molecule has 0 aliphatic carbocycles. The monoisotopic (exact) mass is 217 g/mol. The fourth-order valence-electron chi connectivity index (χ4n) is 1.63. The topological polar surface area (TPSA) is 61.8 Å². The smallest absolute Gasteiger partial charge is 0.0669 e. The highest BCUT2D eigenvalue weighted by Crippen LogP contribution is 2.07. The number of nitriles is 1. The SMILES string of the molecule is N#CCc1cccc(CCCNCCN)c1. The first-order valence-electron chi connectivity index (χ1n) is 5.72. The third kappa shape index (κ3) is 4.92. The lowest BCUT2D eigenvalue weighted by Crippen LogP contribution is -2.23. The minimum Gasteiger partial charge on any atom is -0.329 e. The zero-order valence-corrected chi connectivity index (χ0v) is 9.58. The second kappa shape index (κ2) is 7.86. The van der Waals surface area contributed by atoms with Gasteiger partial charge in [0.15, 0.2) is 0 Å². The first-order chi connectivity index (χ1) is 7.86. The molecule has 0 radical (unpaired) electrons. The fourth-order valence-corrected chi connectivity index (χ4v) is 1.63. The Morgan fingerprint density at radius 1 is 1.25 bits per heavy atom. The van der Waals surface area contributed by atoms with Gasteiger partial charge in [0.2, 0.25) is 0 Å². The van der Waals surface area contributed by atoms with Crippen molar-refractivity contribution in [1.82, 2.24) is 5.32 Å². The van der Waals surface area contributed by atoms with Crippen LogP contribution in [0.5, 0.6) is 0 Å². The molecule has 86 valence electrons. The molecule has 0 saturated carbocycles. The molecular weight excluding hydrogens is 198 g/mol. The molecule has 0 aliphatic heterocycles. The van der Waals surface area contributed by atoms with Crippen molar-refractivity contribution in [2.24, 2.45) is 5.73 Å². The standard InChI is InChI=1S/C13H19N3/c14-7-6-13-4-1-3-12(11-13)5-2-9-16-10-8-15/h1,3-4,11,16H,2,5-6,8-10,15H2. The molecule has 1 aromatic carbocycles. The summed E-state index contributed by atoms with van der Waals surface area (Å²) in [7, 11) is 0. The third-order valence-corrected chi connectivity index (χ3v) is 2.41. The van der Waals surface area contributed by atoms with E-state index in [9.17, 15) is 0 Å². The first-order valence-corrected chi connectivity index (χ1v) is 5.72. The summed E-state index contributed by atoms with van der Waals surface area (Å²) in [5, 5.41) is 11.9.